The Morgan fingerprint density at radius 1 is 1.33 bits per heavy atom. The number of thioether (sulfide) groups is 1. The van der Waals surface area contributed by atoms with Gasteiger partial charge in [-0.15, -0.1) is 23.1 Å². The van der Waals surface area contributed by atoms with E-state index in [1.807, 2.05) is 41.3 Å². The molecule has 1 unspecified atom stereocenters. The van der Waals surface area contributed by atoms with Crippen molar-refractivity contribution >= 4 is 34.1 Å². The maximum absolute atomic E-state index is 4.64. The molecule has 4 rings (SSSR count). The zero-order valence-corrected chi connectivity index (χ0v) is 13.4. The van der Waals surface area contributed by atoms with Gasteiger partial charge in [-0.2, -0.15) is 0 Å². The van der Waals surface area contributed by atoms with Crippen LogP contribution in [0.4, 0.5) is 0 Å². The van der Waals surface area contributed by atoms with Crippen LogP contribution in [0.25, 0.3) is 11.0 Å². The molecule has 5 heteroatoms. The highest BCUT2D eigenvalue weighted by Gasteiger charge is 2.25. The molecule has 0 spiro atoms. The number of hydrogen-bond acceptors (Lipinski definition) is 4. The highest BCUT2D eigenvalue weighted by atomic mass is 32.2. The second-order valence-corrected chi connectivity index (χ2v) is 8.08. The number of fused-ring (bicyclic) bond motifs is 2. The minimum Gasteiger partial charge on any atom is -0.341 e. The first-order valence-electron chi connectivity index (χ1n) is 7.20. The molecule has 0 saturated heterocycles. The van der Waals surface area contributed by atoms with Crippen molar-refractivity contribution in [1.29, 1.82) is 0 Å². The van der Waals surface area contributed by atoms with E-state index in [1.54, 1.807) is 0 Å². The fourth-order valence-corrected chi connectivity index (χ4v) is 5.42. The molecule has 1 aromatic carbocycles. The lowest BCUT2D eigenvalue weighted by Crippen LogP contribution is -2.26. The summed E-state index contributed by atoms with van der Waals surface area (Å²) in [4.78, 5) is 8.03. The van der Waals surface area contributed by atoms with Crippen molar-refractivity contribution in [2.75, 3.05) is 0 Å². The van der Waals surface area contributed by atoms with Crippen molar-refractivity contribution in [3.8, 4) is 0 Å². The third kappa shape index (κ3) is 2.61. The summed E-state index contributed by atoms with van der Waals surface area (Å²) in [7, 11) is 0. The van der Waals surface area contributed by atoms with Crippen LogP contribution in [0.1, 0.15) is 30.8 Å². The molecular formula is C16H17N3S2. The summed E-state index contributed by atoms with van der Waals surface area (Å²) in [6.45, 7) is 3.09. The van der Waals surface area contributed by atoms with Gasteiger partial charge in [-0.3, -0.25) is 0 Å². The molecule has 3 heterocycles. The molecule has 2 atom stereocenters. The van der Waals surface area contributed by atoms with E-state index < -0.39 is 0 Å². The average molecular weight is 315 g/mol. The van der Waals surface area contributed by atoms with Gasteiger partial charge in [-0.05, 0) is 35.6 Å². The van der Waals surface area contributed by atoms with Gasteiger partial charge < -0.3 is 10.3 Å². The lowest BCUT2D eigenvalue weighted by Gasteiger charge is -2.27. The molecule has 0 bridgehead atoms. The maximum Gasteiger partial charge on any atom is 0.121 e. The molecule has 0 aliphatic carbocycles. The first-order valence-corrected chi connectivity index (χ1v) is 8.96. The topological polar surface area (TPSA) is 40.7 Å². The van der Waals surface area contributed by atoms with Gasteiger partial charge in [0.05, 0.1) is 21.8 Å². The van der Waals surface area contributed by atoms with Gasteiger partial charge in [0.15, 0.2) is 0 Å². The van der Waals surface area contributed by atoms with Gasteiger partial charge >= 0.3 is 0 Å². The number of hydrogen-bond donors (Lipinski definition) is 2. The Balaban J connectivity index is 1.52. The van der Waals surface area contributed by atoms with Crippen LogP contribution in [-0.2, 0) is 6.54 Å². The van der Waals surface area contributed by atoms with Crippen LogP contribution in [0, 0.1) is 0 Å². The van der Waals surface area contributed by atoms with Crippen molar-refractivity contribution in [2.45, 2.75) is 35.4 Å². The summed E-state index contributed by atoms with van der Waals surface area (Å²) in [6, 6.07) is 10.9. The van der Waals surface area contributed by atoms with Crippen LogP contribution < -0.4 is 5.32 Å². The Bertz CT molecular complexity index is 729. The van der Waals surface area contributed by atoms with Crippen LogP contribution in [0.15, 0.2) is 39.9 Å². The summed E-state index contributed by atoms with van der Waals surface area (Å²) >= 11 is 3.86. The molecule has 108 valence electrons. The molecule has 1 aliphatic rings. The predicted octanol–water partition coefficient (Wildman–Crippen LogP) is 4.34. The largest absolute Gasteiger partial charge is 0.341 e. The van der Waals surface area contributed by atoms with E-state index >= 15 is 0 Å². The Hall–Kier alpha value is -1.30. The second-order valence-electron chi connectivity index (χ2n) is 5.46. The summed E-state index contributed by atoms with van der Waals surface area (Å²) < 4.78 is 1.47. The molecule has 0 saturated carbocycles. The van der Waals surface area contributed by atoms with Gasteiger partial charge in [-0.25, -0.2) is 4.98 Å². The zero-order valence-electron chi connectivity index (χ0n) is 11.8. The number of nitrogens with zero attached hydrogens (tertiary/aromatic N) is 1. The SMILES string of the molecule is C[C@H]1CC(NCc2nc3ccccc3[nH]2)c2ccsc2S1. The zero-order chi connectivity index (χ0) is 14.2. The Kier molecular flexibility index (Phi) is 3.49. The third-order valence-electron chi connectivity index (χ3n) is 3.86. The number of rotatable bonds is 3. The van der Waals surface area contributed by atoms with E-state index in [9.17, 15) is 0 Å². The van der Waals surface area contributed by atoms with E-state index in [0.29, 0.717) is 11.3 Å². The molecule has 0 radical (unpaired) electrons. The molecule has 21 heavy (non-hydrogen) atoms. The number of H-pyrrole nitrogens is 1. The lowest BCUT2D eigenvalue weighted by molar-refractivity contribution is 0.481. The quantitative estimate of drug-likeness (QED) is 0.755. The minimum atomic E-state index is 0.440. The van der Waals surface area contributed by atoms with Crippen LogP contribution in [0.5, 0.6) is 0 Å². The van der Waals surface area contributed by atoms with Gasteiger partial charge in [0.1, 0.15) is 5.82 Å². The summed E-state index contributed by atoms with van der Waals surface area (Å²) in [5.74, 6) is 1.01. The van der Waals surface area contributed by atoms with Crippen LogP contribution >= 0.6 is 23.1 Å². The highest BCUT2D eigenvalue weighted by Crippen LogP contribution is 2.43. The van der Waals surface area contributed by atoms with Gasteiger partial charge in [0.2, 0.25) is 0 Å². The number of aromatic amines is 1. The number of imidazole rings is 1. The minimum absolute atomic E-state index is 0.440. The van der Waals surface area contributed by atoms with E-state index in [0.717, 1.165) is 23.4 Å². The normalized spacial score (nSPS) is 21.6. The van der Waals surface area contributed by atoms with E-state index in [2.05, 4.69) is 39.7 Å². The van der Waals surface area contributed by atoms with Crippen molar-refractivity contribution in [2.24, 2.45) is 0 Å². The standard InChI is InChI=1S/C16H17N3S2/c1-10-8-14(11-6-7-20-16(11)21-10)17-9-15-18-12-4-2-3-5-13(12)19-15/h2-7,10,14,17H,8-9H2,1H3,(H,18,19)/t10-,14?/m0/s1. The molecular weight excluding hydrogens is 298 g/mol. The number of nitrogens with one attached hydrogen (secondary N) is 2. The maximum atomic E-state index is 4.64. The van der Waals surface area contributed by atoms with Crippen molar-refractivity contribution in [3.63, 3.8) is 0 Å². The van der Waals surface area contributed by atoms with Gasteiger partial charge in [0.25, 0.3) is 0 Å². The molecule has 0 amide bonds. The first kappa shape index (κ1) is 13.4. The molecule has 2 aromatic heterocycles. The Morgan fingerprint density at radius 2 is 2.24 bits per heavy atom. The van der Waals surface area contributed by atoms with E-state index in [-0.39, 0.29) is 0 Å². The summed E-state index contributed by atoms with van der Waals surface area (Å²) in [5, 5.41) is 6.54. The average Bonchev–Trinajstić information content (AvgIpc) is 3.10. The van der Waals surface area contributed by atoms with E-state index in [4.69, 9.17) is 0 Å². The van der Waals surface area contributed by atoms with Gasteiger partial charge in [0, 0.05) is 11.3 Å². The van der Waals surface area contributed by atoms with Crippen molar-refractivity contribution < 1.29 is 0 Å². The predicted molar refractivity (Wildman–Crippen MR) is 89.9 cm³/mol. The highest BCUT2D eigenvalue weighted by molar-refractivity contribution is 8.01. The van der Waals surface area contributed by atoms with Crippen LogP contribution in [-0.4, -0.2) is 15.2 Å². The Labute approximate surface area is 132 Å². The van der Waals surface area contributed by atoms with Gasteiger partial charge in [-0.1, -0.05) is 19.1 Å². The fraction of sp³-hybridized carbons (Fsp3) is 0.312. The van der Waals surface area contributed by atoms with Crippen LogP contribution in [0.3, 0.4) is 0 Å². The van der Waals surface area contributed by atoms with Crippen molar-refractivity contribution in [3.05, 3.63) is 47.1 Å². The molecule has 1 aliphatic heterocycles. The second kappa shape index (κ2) is 5.48. The number of aromatic nitrogens is 2. The summed E-state index contributed by atoms with van der Waals surface area (Å²) in [6.07, 6.45) is 1.18. The molecule has 2 N–H and O–H groups in total. The Morgan fingerprint density at radius 3 is 3.14 bits per heavy atom. The molecule has 3 nitrogen and oxygen atoms in total. The molecule has 0 fully saturated rings. The number of para-hydroxylation sites is 2. The fourth-order valence-electron chi connectivity index (χ4n) is 2.85. The number of thiophene rings is 1. The monoisotopic (exact) mass is 315 g/mol. The number of benzene rings is 1. The van der Waals surface area contributed by atoms with Crippen LogP contribution in [0.2, 0.25) is 0 Å². The smallest absolute Gasteiger partial charge is 0.121 e. The van der Waals surface area contributed by atoms with E-state index in [1.165, 1.54) is 16.2 Å². The summed E-state index contributed by atoms with van der Waals surface area (Å²) in [5.41, 5.74) is 3.61. The van der Waals surface area contributed by atoms with Crippen molar-refractivity contribution in [1.82, 2.24) is 15.3 Å². The lowest BCUT2D eigenvalue weighted by atomic mass is 10.1. The third-order valence-corrected chi connectivity index (χ3v) is 6.21. The first-order chi connectivity index (χ1) is 10.3. The molecule has 3 aromatic rings.